The maximum atomic E-state index is 11.8. The van der Waals surface area contributed by atoms with E-state index in [4.69, 9.17) is 9.47 Å². The minimum absolute atomic E-state index is 0.433. The molecular weight excluding hydrogens is 248 g/mol. The number of nitrogens with zero attached hydrogens (tertiary/aromatic N) is 2. The van der Waals surface area contributed by atoms with Gasteiger partial charge in [-0.2, -0.15) is 0 Å². The fourth-order valence-electron chi connectivity index (χ4n) is 2.46. The lowest BCUT2D eigenvalue weighted by Gasteiger charge is -2.35. The molecule has 0 bridgehead atoms. The van der Waals surface area contributed by atoms with Gasteiger partial charge in [0.25, 0.3) is 0 Å². The highest BCUT2D eigenvalue weighted by molar-refractivity contribution is 5.72. The largest absolute Gasteiger partial charge is 0.438 e. The molecule has 1 amide bonds. The van der Waals surface area contributed by atoms with Gasteiger partial charge in [-0.25, -0.2) is 4.79 Å². The maximum Gasteiger partial charge on any atom is 0.412 e. The zero-order valence-electron chi connectivity index (χ0n) is 12.0. The van der Waals surface area contributed by atoms with Gasteiger partial charge >= 0.3 is 6.09 Å². The second kappa shape index (κ2) is 5.26. The second-order valence-corrected chi connectivity index (χ2v) is 5.86. The molecule has 2 heterocycles. The summed E-state index contributed by atoms with van der Waals surface area (Å²) in [5.74, 6) is 0. The van der Waals surface area contributed by atoms with E-state index in [-0.39, 0.29) is 0 Å². The van der Waals surface area contributed by atoms with Crippen molar-refractivity contribution < 1.29 is 19.4 Å². The Kier molecular flexibility index (Phi) is 4.03. The van der Waals surface area contributed by atoms with Crippen molar-refractivity contribution in [2.45, 2.75) is 38.5 Å². The number of hydrogen-bond acceptors (Lipinski definition) is 5. The van der Waals surface area contributed by atoms with Crippen LogP contribution in [0.3, 0.4) is 0 Å². The van der Waals surface area contributed by atoms with Gasteiger partial charge in [0.2, 0.25) is 0 Å². The first-order valence-electron chi connectivity index (χ1n) is 6.88. The molecule has 6 nitrogen and oxygen atoms in total. The Labute approximate surface area is 114 Å². The molecule has 0 radical (unpaired) electrons. The van der Waals surface area contributed by atoms with Crippen LogP contribution in [0.1, 0.15) is 27.2 Å². The van der Waals surface area contributed by atoms with Crippen LogP contribution in [0.4, 0.5) is 4.79 Å². The molecule has 0 spiro atoms. The zero-order chi connectivity index (χ0) is 14.1. The van der Waals surface area contributed by atoms with Crippen LogP contribution in [0.5, 0.6) is 0 Å². The molecule has 0 aliphatic carbocycles. The Morgan fingerprint density at radius 1 is 1.21 bits per heavy atom. The number of amides is 1. The lowest BCUT2D eigenvalue weighted by molar-refractivity contribution is -0.127. The van der Waals surface area contributed by atoms with E-state index >= 15 is 0 Å². The number of ether oxygens (including phenoxy) is 2. The third-order valence-corrected chi connectivity index (χ3v) is 4.19. The summed E-state index contributed by atoms with van der Waals surface area (Å²) in [6.07, 6.45) is 0.387. The van der Waals surface area contributed by atoms with Crippen molar-refractivity contribution >= 4 is 6.09 Å². The Balaban J connectivity index is 1.83. The minimum atomic E-state index is -1.25. The van der Waals surface area contributed by atoms with Gasteiger partial charge in [-0.1, -0.05) is 0 Å². The topological polar surface area (TPSA) is 62.2 Å². The Morgan fingerprint density at radius 2 is 1.84 bits per heavy atom. The molecule has 2 rings (SSSR count). The number of hydrogen-bond donors (Lipinski definition) is 1. The minimum Gasteiger partial charge on any atom is -0.438 e. The molecule has 0 saturated carbocycles. The van der Waals surface area contributed by atoms with E-state index in [0.717, 1.165) is 39.3 Å². The number of morpholine rings is 1. The fraction of sp³-hybridized carbons (Fsp3) is 0.923. The number of cyclic esters (lactones) is 1. The van der Waals surface area contributed by atoms with Gasteiger partial charge in [-0.3, -0.25) is 9.80 Å². The average molecular weight is 272 g/mol. The lowest BCUT2D eigenvalue weighted by Crippen LogP contribution is -2.54. The average Bonchev–Trinajstić information content (AvgIpc) is 2.48. The summed E-state index contributed by atoms with van der Waals surface area (Å²) in [7, 11) is 0. The molecule has 0 aromatic carbocycles. The molecule has 0 aromatic rings. The monoisotopic (exact) mass is 272 g/mol. The molecule has 2 aliphatic rings. The van der Waals surface area contributed by atoms with Gasteiger partial charge in [0.05, 0.1) is 13.2 Å². The predicted molar refractivity (Wildman–Crippen MR) is 69.8 cm³/mol. The molecule has 1 atom stereocenters. The molecule has 2 saturated heterocycles. The van der Waals surface area contributed by atoms with E-state index in [1.54, 1.807) is 20.8 Å². The van der Waals surface area contributed by atoms with Crippen LogP contribution in [0, 0.1) is 0 Å². The maximum absolute atomic E-state index is 11.8. The quantitative estimate of drug-likeness (QED) is 0.814. The first-order valence-corrected chi connectivity index (χ1v) is 6.88. The van der Waals surface area contributed by atoms with Crippen molar-refractivity contribution in [3.63, 3.8) is 0 Å². The van der Waals surface area contributed by atoms with Gasteiger partial charge < -0.3 is 14.6 Å². The van der Waals surface area contributed by atoms with Crippen molar-refractivity contribution in [1.29, 1.82) is 0 Å². The Hall–Kier alpha value is -0.850. The van der Waals surface area contributed by atoms with Crippen molar-refractivity contribution in [3.8, 4) is 0 Å². The van der Waals surface area contributed by atoms with Crippen LogP contribution < -0.4 is 0 Å². The zero-order valence-corrected chi connectivity index (χ0v) is 12.0. The highest BCUT2D eigenvalue weighted by Crippen LogP contribution is 2.36. The lowest BCUT2D eigenvalue weighted by atomic mass is 9.96. The summed E-state index contributed by atoms with van der Waals surface area (Å²) in [6.45, 7) is 9.92. The fourth-order valence-corrected chi connectivity index (χ4v) is 2.46. The highest BCUT2D eigenvalue weighted by atomic mass is 16.6. The third kappa shape index (κ3) is 2.85. The number of carbonyl (C=O) groups is 1. The van der Waals surface area contributed by atoms with E-state index in [1.807, 2.05) is 0 Å². The summed E-state index contributed by atoms with van der Waals surface area (Å²) in [4.78, 5) is 15.5. The second-order valence-electron chi connectivity index (χ2n) is 5.86. The van der Waals surface area contributed by atoms with Gasteiger partial charge in [0.15, 0.2) is 11.3 Å². The van der Waals surface area contributed by atoms with Crippen molar-refractivity contribution in [2.75, 3.05) is 39.4 Å². The molecule has 19 heavy (non-hydrogen) atoms. The van der Waals surface area contributed by atoms with Crippen molar-refractivity contribution in [1.82, 2.24) is 9.80 Å². The molecular formula is C13H24N2O4. The van der Waals surface area contributed by atoms with Gasteiger partial charge in [-0.05, 0) is 27.2 Å². The Morgan fingerprint density at radius 3 is 2.37 bits per heavy atom. The molecule has 6 heteroatoms. The van der Waals surface area contributed by atoms with Crippen LogP contribution >= 0.6 is 0 Å². The van der Waals surface area contributed by atoms with Gasteiger partial charge in [0, 0.05) is 26.2 Å². The van der Waals surface area contributed by atoms with E-state index in [9.17, 15) is 9.90 Å². The normalized spacial score (nSPS) is 31.6. The first-order chi connectivity index (χ1) is 8.84. The SMILES string of the molecule is CC1(C)OC(=O)N(CCCN2CCOCC2)[C@]1(C)O. The van der Waals surface area contributed by atoms with E-state index in [0.29, 0.717) is 6.54 Å². The van der Waals surface area contributed by atoms with Crippen LogP contribution in [0.25, 0.3) is 0 Å². The Bertz CT molecular complexity index is 338. The van der Waals surface area contributed by atoms with E-state index < -0.39 is 17.4 Å². The molecule has 1 N–H and O–H groups in total. The van der Waals surface area contributed by atoms with Crippen LogP contribution in [0.2, 0.25) is 0 Å². The van der Waals surface area contributed by atoms with Crippen LogP contribution in [0.15, 0.2) is 0 Å². The number of carbonyl (C=O) groups excluding carboxylic acids is 1. The van der Waals surface area contributed by atoms with Crippen molar-refractivity contribution in [2.24, 2.45) is 0 Å². The van der Waals surface area contributed by atoms with E-state index in [1.165, 1.54) is 4.90 Å². The van der Waals surface area contributed by atoms with Crippen LogP contribution in [-0.4, -0.2) is 71.7 Å². The van der Waals surface area contributed by atoms with Gasteiger partial charge in [-0.15, -0.1) is 0 Å². The summed E-state index contributed by atoms with van der Waals surface area (Å²) < 4.78 is 10.5. The third-order valence-electron chi connectivity index (χ3n) is 4.19. The van der Waals surface area contributed by atoms with Crippen LogP contribution in [-0.2, 0) is 9.47 Å². The summed E-state index contributed by atoms with van der Waals surface area (Å²) in [5.41, 5.74) is -2.13. The smallest absolute Gasteiger partial charge is 0.412 e. The summed E-state index contributed by atoms with van der Waals surface area (Å²) >= 11 is 0. The summed E-state index contributed by atoms with van der Waals surface area (Å²) in [5, 5.41) is 10.4. The predicted octanol–water partition coefficient (Wildman–Crippen LogP) is 0.648. The molecule has 2 fully saturated rings. The molecule has 0 aromatic heterocycles. The molecule has 2 aliphatic heterocycles. The standard InChI is InChI=1S/C13H24N2O4/c1-12(2)13(3,17)15(11(16)19-12)6-4-5-14-7-9-18-10-8-14/h17H,4-10H2,1-3H3/t13-/m1/s1. The number of aliphatic hydroxyl groups is 1. The van der Waals surface area contributed by atoms with Crippen molar-refractivity contribution in [3.05, 3.63) is 0 Å². The molecule has 110 valence electrons. The van der Waals surface area contributed by atoms with Gasteiger partial charge in [0.1, 0.15) is 0 Å². The highest BCUT2D eigenvalue weighted by Gasteiger charge is 2.56. The first kappa shape index (κ1) is 14.6. The summed E-state index contributed by atoms with van der Waals surface area (Å²) in [6, 6.07) is 0. The van der Waals surface area contributed by atoms with E-state index in [2.05, 4.69) is 4.90 Å². The number of rotatable bonds is 4. The molecule has 0 unspecified atom stereocenters.